The van der Waals surface area contributed by atoms with Crippen molar-refractivity contribution in [3.05, 3.63) is 11.8 Å². The van der Waals surface area contributed by atoms with Crippen molar-refractivity contribution in [1.29, 1.82) is 0 Å². The van der Waals surface area contributed by atoms with E-state index < -0.39 is 0 Å². The average Bonchev–Trinajstić information content (AvgIpc) is 2.35. The number of nitrogens with one attached hydrogen (secondary N) is 1. The summed E-state index contributed by atoms with van der Waals surface area (Å²) in [6, 6.07) is 1.80. The van der Waals surface area contributed by atoms with Crippen LogP contribution >= 0.6 is 23.1 Å². The van der Waals surface area contributed by atoms with Gasteiger partial charge in [-0.15, -0.1) is 11.6 Å². The van der Waals surface area contributed by atoms with Gasteiger partial charge in [-0.25, -0.2) is 0 Å². The lowest BCUT2D eigenvalue weighted by molar-refractivity contribution is -0.113. The van der Waals surface area contributed by atoms with Crippen LogP contribution in [-0.4, -0.2) is 16.2 Å². The van der Waals surface area contributed by atoms with Crippen molar-refractivity contribution in [2.24, 2.45) is 0 Å². The van der Waals surface area contributed by atoms with Gasteiger partial charge in [0.05, 0.1) is 5.69 Å². The fourth-order valence-corrected chi connectivity index (χ4v) is 1.34. The van der Waals surface area contributed by atoms with Gasteiger partial charge in [-0.1, -0.05) is 0 Å². The summed E-state index contributed by atoms with van der Waals surface area (Å²) in [5.41, 5.74) is 0.903. The maximum Gasteiger partial charge on any atom is 0.239 e. The van der Waals surface area contributed by atoms with Crippen LogP contribution in [0.3, 0.4) is 0 Å². The third-order valence-corrected chi connectivity index (χ3v) is 2.05. The highest BCUT2D eigenvalue weighted by Gasteiger charge is 2.01. The molecular weight excluding hydrogens is 184 g/mol. The smallest absolute Gasteiger partial charge is 0.239 e. The minimum absolute atomic E-state index is 0.0169. The Morgan fingerprint density at radius 2 is 2.64 bits per heavy atom. The van der Waals surface area contributed by atoms with E-state index >= 15 is 0 Å². The van der Waals surface area contributed by atoms with E-state index in [9.17, 15) is 4.79 Å². The topological polar surface area (TPSA) is 42.0 Å². The molecule has 1 aromatic rings. The number of aromatic nitrogens is 1. The molecule has 1 amide bonds. The SMILES string of the molecule is Cc1cc(NC(=O)CCl)sn1. The number of alkyl halides is 1. The highest BCUT2D eigenvalue weighted by molar-refractivity contribution is 7.10. The Morgan fingerprint density at radius 3 is 3.09 bits per heavy atom. The number of carbonyl (C=O) groups is 1. The second-order valence-electron chi connectivity index (χ2n) is 2.01. The van der Waals surface area contributed by atoms with Crippen molar-refractivity contribution in [3.8, 4) is 0 Å². The van der Waals surface area contributed by atoms with E-state index in [1.165, 1.54) is 11.5 Å². The molecule has 0 atom stereocenters. The fraction of sp³-hybridized carbons (Fsp3) is 0.333. The van der Waals surface area contributed by atoms with Gasteiger partial charge in [-0.3, -0.25) is 4.79 Å². The summed E-state index contributed by atoms with van der Waals surface area (Å²) in [7, 11) is 0. The van der Waals surface area contributed by atoms with E-state index in [2.05, 4.69) is 9.69 Å². The normalized spacial score (nSPS) is 9.64. The summed E-state index contributed by atoms with van der Waals surface area (Å²) in [6.07, 6.45) is 0. The highest BCUT2D eigenvalue weighted by Crippen LogP contribution is 2.14. The van der Waals surface area contributed by atoms with Crippen LogP contribution in [-0.2, 0) is 4.79 Å². The summed E-state index contributed by atoms with van der Waals surface area (Å²) in [5.74, 6) is -0.216. The largest absolute Gasteiger partial charge is 0.315 e. The molecule has 1 heterocycles. The molecular formula is C6H7ClN2OS. The minimum Gasteiger partial charge on any atom is -0.315 e. The van der Waals surface area contributed by atoms with E-state index in [4.69, 9.17) is 11.6 Å². The Labute approximate surface area is 73.5 Å². The number of rotatable bonds is 2. The number of hydrogen-bond acceptors (Lipinski definition) is 3. The number of hydrogen-bond donors (Lipinski definition) is 1. The lowest BCUT2D eigenvalue weighted by Gasteiger charge is -1.94. The van der Waals surface area contributed by atoms with Gasteiger partial charge in [0.1, 0.15) is 10.9 Å². The number of anilines is 1. The van der Waals surface area contributed by atoms with Crippen molar-refractivity contribution < 1.29 is 4.79 Å². The van der Waals surface area contributed by atoms with Gasteiger partial charge < -0.3 is 5.32 Å². The molecule has 11 heavy (non-hydrogen) atoms. The molecule has 1 N–H and O–H groups in total. The number of halogens is 1. The van der Waals surface area contributed by atoms with Crippen molar-refractivity contribution in [2.75, 3.05) is 11.2 Å². The standard InChI is InChI=1S/C6H7ClN2OS/c1-4-2-6(11-9-4)8-5(10)3-7/h2H,3H2,1H3,(H,8,10). The van der Waals surface area contributed by atoms with E-state index in [1.807, 2.05) is 6.92 Å². The molecule has 0 spiro atoms. The Balaban J connectivity index is 2.57. The molecule has 0 saturated carbocycles. The third-order valence-electron chi connectivity index (χ3n) is 1.01. The van der Waals surface area contributed by atoms with E-state index in [-0.39, 0.29) is 11.8 Å². The molecule has 5 heteroatoms. The minimum atomic E-state index is -0.199. The first kappa shape index (κ1) is 8.49. The zero-order valence-electron chi connectivity index (χ0n) is 5.93. The number of aryl methyl sites for hydroxylation is 1. The van der Waals surface area contributed by atoms with Gasteiger partial charge in [0, 0.05) is 0 Å². The van der Waals surface area contributed by atoms with Crippen LogP contribution in [0, 0.1) is 6.92 Å². The molecule has 0 unspecified atom stereocenters. The second-order valence-corrected chi connectivity index (χ2v) is 3.09. The van der Waals surface area contributed by atoms with E-state index in [0.29, 0.717) is 0 Å². The van der Waals surface area contributed by atoms with Crippen LogP contribution in [0.1, 0.15) is 5.69 Å². The number of amides is 1. The molecule has 0 aromatic carbocycles. The van der Waals surface area contributed by atoms with Crippen LogP contribution in [0.4, 0.5) is 5.00 Å². The zero-order valence-corrected chi connectivity index (χ0v) is 7.50. The maximum absolute atomic E-state index is 10.7. The predicted molar refractivity (Wildman–Crippen MR) is 46.2 cm³/mol. The van der Waals surface area contributed by atoms with Gasteiger partial charge >= 0.3 is 0 Å². The van der Waals surface area contributed by atoms with Crippen LogP contribution in [0.5, 0.6) is 0 Å². The molecule has 1 rings (SSSR count). The summed E-state index contributed by atoms with van der Waals surface area (Å²) in [5, 5.41) is 3.34. The van der Waals surface area contributed by atoms with Gasteiger partial charge in [0.2, 0.25) is 5.91 Å². The van der Waals surface area contributed by atoms with Gasteiger partial charge in [-0.05, 0) is 24.5 Å². The summed E-state index contributed by atoms with van der Waals surface area (Å²) < 4.78 is 3.99. The molecule has 0 aliphatic heterocycles. The molecule has 0 aliphatic rings. The average molecular weight is 191 g/mol. The zero-order chi connectivity index (χ0) is 8.27. The Bertz CT molecular complexity index is 261. The lowest BCUT2D eigenvalue weighted by Crippen LogP contribution is -2.11. The second kappa shape index (κ2) is 3.69. The molecule has 0 saturated heterocycles. The Kier molecular flexibility index (Phi) is 2.84. The monoisotopic (exact) mass is 190 g/mol. The van der Waals surface area contributed by atoms with Gasteiger partial charge in [0.25, 0.3) is 0 Å². The number of nitrogens with zero attached hydrogens (tertiary/aromatic N) is 1. The van der Waals surface area contributed by atoms with Crippen molar-refractivity contribution in [2.45, 2.75) is 6.92 Å². The fourth-order valence-electron chi connectivity index (χ4n) is 0.593. The molecule has 3 nitrogen and oxygen atoms in total. The molecule has 0 radical (unpaired) electrons. The Morgan fingerprint density at radius 1 is 1.91 bits per heavy atom. The molecule has 1 aromatic heterocycles. The van der Waals surface area contributed by atoms with Crippen LogP contribution < -0.4 is 5.32 Å². The van der Waals surface area contributed by atoms with E-state index in [1.54, 1.807) is 6.07 Å². The van der Waals surface area contributed by atoms with Crippen molar-refractivity contribution >= 4 is 34.0 Å². The number of carbonyl (C=O) groups excluding carboxylic acids is 1. The first-order valence-electron chi connectivity index (χ1n) is 3.01. The first-order chi connectivity index (χ1) is 5.22. The summed E-state index contributed by atoms with van der Waals surface area (Å²) in [4.78, 5) is 10.7. The first-order valence-corrected chi connectivity index (χ1v) is 4.32. The van der Waals surface area contributed by atoms with Gasteiger partial charge in [0.15, 0.2) is 0 Å². The lowest BCUT2D eigenvalue weighted by atomic mass is 10.5. The van der Waals surface area contributed by atoms with E-state index in [0.717, 1.165) is 10.7 Å². The van der Waals surface area contributed by atoms with Crippen molar-refractivity contribution in [3.63, 3.8) is 0 Å². The molecule has 60 valence electrons. The van der Waals surface area contributed by atoms with Crippen molar-refractivity contribution in [1.82, 2.24) is 4.37 Å². The predicted octanol–water partition coefficient (Wildman–Crippen LogP) is 1.63. The highest BCUT2D eigenvalue weighted by atomic mass is 35.5. The summed E-state index contributed by atoms with van der Waals surface area (Å²) in [6.45, 7) is 1.87. The van der Waals surface area contributed by atoms with Crippen LogP contribution in [0.25, 0.3) is 0 Å². The van der Waals surface area contributed by atoms with Crippen LogP contribution in [0.2, 0.25) is 0 Å². The third kappa shape index (κ3) is 2.48. The van der Waals surface area contributed by atoms with Gasteiger partial charge in [-0.2, -0.15) is 4.37 Å². The van der Waals surface area contributed by atoms with Crippen LogP contribution in [0.15, 0.2) is 6.07 Å². The Hall–Kier alpha value is -0.610. The quantitative estimate of drug-likeness (QED) is 0.721. The summed E-state index contributed by atoms with van der Waals surface area (Å²) >= 11 is 6.53. The molecule has 0 fully saturated rings. The maximum atomic E-state index is 10.7. The molecule has 0 aliphatic carbocycles. The molecule has 0 bridgehead atoms.